The summed E-state index contributed by atoms with van der Waals surface area (Å²) in [5.74, 6) is -0.438. The quantitative estimate of drug-likeness (QED) is 0.653. The minimum Gasteiger partial charge on any atom is -0.451 e. The van der Waals surface area contributed by atoms with E-state index < -0.39 is 12.1 Å². The van der Waals surface area contributed by atoms with Crippen LogP contribution in [0, 0.1) is 0 Å². The van der Waals surface area contributed by atoms with Crippen LogP contribution in [0.15, 0.2) is 60.7 Å². The number of ketones is 1. The van der Waals surface area contributed by atoms with Crippen molar-refractivity contribution >= 4 is 22.7 Å². The molecule has 3 aromatic rings. The molecule has 4 heteroatoms. The lowest BCUT2D eigenvalue weighted by molar-refractivity contribution is -0.129. The molecule has 0 amide bonds. The Morgan fingerprint density at radius 2 is 1.77 bits per heavy atom. The second kappa shape index (κ2) is 7.08. The van der Waals surface area contributed by atoms with E-state index in [1.807, 2.05) is 54.6 Å². The Morgan fingerprint density at radius 1 is 1.00 bits per heavy atom. The largest absolute Gasteiger partial charge is 0.451 e. The lowest BCUT2D eigenvalue weighted by atomic mass is 9.96. The van der Waals surface area contributed by atoms with Gasteiger partial charge in [0.1, 0.15) is 0 Å². The normalized spacial score (nSPS) is 17.2. The van der Waals surface area contributed by atoms with Gasteiger partial charge in [0.2, 0.25) is 0 Å². The van der Waals surface area contributed by atoms with Crippen LogP contribution >= 0.6 is 0 Å². The van der Waals surface area contributed by atoms with E-state index >= 15 is 0 Å². The van der Waals surface area contributed by atoms with E-state index in [2.05, 4.69) is 4.98 Å². The van der Waals surface area contributed by atoms with Gasteiger partial charge in [0.05, 0.1) is 16.8 Å². The number of carbonyl (C=O) groups is 2. The van der Waals surface area contributed by atoms with Gasteiger partial charge in [-0.1, -0.05) is 48.5 Å². The minimum absolute atomic E-state index is 0.0197. The third kappa shape index (κ3) is 3.23. The molecule has 0 radical (unpaired) electrons. The second-order valence-corrected chi connectivity index (χ2v) is 6.54. The molecule has 1 fully saturated rings. The monoisotopic (exact) mass is 345 g/mol. The van der Waals surface area contributed by atoms with Gasteiger partial charge in [0.25, 0.3) is 0 Å². The van der Waals surface area contributed by atoms with Crippen LogP contribution in [-0.2, 0) is 9.53 Å². The van der Waals surface area contributed by atoms with Gasteiger partial charge in [0.15, 0.2) is 11.9 Å². The summed E-state index contributed by atoms with van der Waals surface area (Å²) in [5, 5.41) is 0.737. The summed E-state index contributed by atoms with van der Waals surface area (Å²) in [6, 6.07) is 19.0. The number of para-hydroxylation sites is 1. The lowest BCUT2D eigenvalue weighted by Gasteiger charge is -2.21. The van der Waals surface area contributed by atoms with Gasteiger partial charge < -0.3 is 4.74 Å². The number of nitrogens with zero attached hydrogens (tertiary/aromatic N) is 1. The molecule has 0 aliphatic heterocycles. The van der Waals surface area contributed by atoms with Crippen LogP contribution in [0.3, 0.4) is 0 Å². The average Bonchev–Trinajstić information content (AvgIpc) is 2.69. The van der Waals surface area contributed by atoms with Crippen molar-refractivity contribution in [2.45, 2.75) is 31.8 Å². The maximum Gasteiger partial charge on any atom is 0.339 e. The highest BCUT2D eigenvalue weighted by molar-refractivity contribution is 6.05. The molecule has 1 atom stereocenters. The van der Waals surface area contributed by atoms with E-state index in [0.29, 0.717) is 24.1 Å². The molecule has 1 aliphatic rings. The number of rotatable bonds is 3. The molecule has 4 rings (SSSR count). The summed E-state index contributed by atoms with van der Waals surface area (Å²) in [6.07, 6.45) is 2.27. The number of benzene rings is 2. The Morgan fingerprint density at radius 3 is 2.58 bits per heavy atom. The number of hydrogen-bond donors (Lipinski definition) is 0. The van der Waals surface area contributed by atoms with Crippen molar-refractivity contribution in [1.29, 1.82) is 0 Å². The van der Waals surface area contributed by atoms with E-state index in [-0.39, 0.29) is 5.78 Å². The van der Waals surface area contributed by atoms with E-state index in [1.54, 1.807) is 6.07 Å². The van der Waals surface area contributed by atoms with Gasteiger partial charge in [-0.2, -0.15) is 0 Å². The van der Waals surface area contributed by atoms with Gasteiger partial charge in [-0.15, -0.1) is 0 Å². The van der Waals surface area contributed by atoms with E-state index in [0.717, 1.165) is 29.3 Å². The standard InChI is InChI=1S/C22H19NO3/c24-20-12-6-7-13-21(20)26-22(25)17-14-19(15-8-2-1-3-9-15)23-18-11-5-4-10-16(17)18/h1-5,8-11,14,21H,6-7,12-13H2/t21-/m1/s1. The molecule has 0 spiro atoms. The predicted octanol–water partition coefficient (Wildman–Crippen LogP) is 4.57. The van der Waals surface area contributed by atoms with E-state index in [4.69, 9.17) is 4.74 Å². The molecule has 0 saturated heterocycles. The topological polar surface area (TPSA) is 56.3 Å². The summed E-state index contributed by atoms with van der Waals surface area (Å²) in [4.78, 5) is 29.6. The number of ether oxygens (including phenoxy) is 1. The third-order valence-corrected chi connectivity index (χ3v) is 4.75. The Hall–Kier alpha value is -3.01. The van der Waals surface area contributed by atoms with Crippen LogP contribution in [0.5, 0.6) is 0 Å². The first kappa shape index (κ1) is 16.5. The maximum atomic E-state index is 12.9. The zero-order chi connectivity index (χ0) is 17.9. The fraction of sp³-hybridized carbons (Fsp3) is 0.227. The third-order valence-electron chi connectivity index (χ3n) is 4.75. The second-order valence-electron chi connectivity index (χ2n) is 6.54. The molecule has 0 N–H and O–H groups in total. The van der Waals surface area contributed by atoms with Gasteiger partial charge >= 0.3 is 5.97 Å². The fourth-order valence-electron chi connectivity index (χ4n) is 3.37. The zero-order valence-corrected chi connectivity index (χ0v) is 14.4. The zero-order valence-electron chi connectivity index (χ0n) is 14.4. The summed E-state index contributed by atoms with van der Waals surface area (Å²) < 4.78 is 5.57. The van der Waals surface area contributed by atoms with Crippen LogP contribution in [0.4, 0.5) is 0 Å². The van der Waals surface area contributed by atoms with E-state index in [9.17, 15) is 9.59 Å². The van der Waals surface area contributed by atoms with Crippen LogP contribution in [0.25, 0.3) is 22.2 Å². The summed E-state index contributed by atoms with van der Waals surface area (Å²) in [5.41, 5.74) is 2.83. The van der Waals surface area contributed by atoms with Crippen LogP contribution in [-0.4, -0.2) is 22.8 Å². The smallest absolute Gasteiger partial charge is 0.339 e. The predicted molar refractivity (Wildman–Crippen MR) is 99.9 cm³/mol. The Labute approximate surface area is 151 Å². The van der Waals surface area contributed by atoms with Crippen LogP contribution < -0.4 is 0 Å². The highest BCUT2D eigenvalue weighted by Crippen LogP contribution is 2.26. The average molecular weight is 345 g/mol. The molecular formula is C22H19NO3. The van der Waals surface area contributed by atoms with Crippen molar-refractivity contribution in [1.82, 2.24) is 4.98 Å². The van der Waals surface area contributed by atoms with Crippen molar-refractivity contribution in [2.24, 2.45) is 0 Å². The number of Topliss-reactive ketones (excluding diaryl/α,β-unsaturated/α-hetero) is 1. The highest BCUT2D eigenvalue weighted by Gasteiger charge is 2.27. The van der Waals surface area contributed by atoms with Crippen LogP contribution in [0.1, 0.15) is 36.0 Å². The van der Waals surface area contributed by atoms with Gasteiger partial charge in [-0.3, -0.25) is 4.79 Å². The molecule has 4 nitrogen and oxygen atoms in total. The van der Waals surface area contributed by atoms with E-state index in [1.165, 1.54) is 0 Å². The number of pyridine rings is 1. The summed E-state index contributed by atoms with van der Waals surface area (Å²) in [7, 11) is 0. The maximum absolute atomic E-state index is 12.9. The Kier molecular flexibility index (Phi) is 4.48. The molecule has 0 unspecified atom stereocenters. The van der Waals surface area contributed by atoms with Crippen molar-refractivity contribution in [3.8, 4) is 11.3 Å². The molecule has 1 aliphatic carbocycles. The molecule has 0 bridgehead atoms. The first-order valence-corrected chi connectivity index (χ1v) is 8.91. The number of hydrogen-bond acceptors (Lipinski definition) is 4. The van der Waals surface area contributed by atoms with Crippen molar-refractivity contribution in [2.75, 3.05) is 0 Å². The van der Waals surface area contributed by atoms with Crippen molar-refractivity contribution in [3.63, 3.8) is 0 Å². The number of aromatic nitrogens is 1. The molecular weight excluding hydrogens is 326 g/mol. The molecule has 1 heterocycles. The molecule has 1 aromatic heterocycles. The van der Waals surface area contributed by atoms with Crippen LogP contribution in [0.2, 0.25) is 0 Å². The SMILES string of the molecule is O=C(O[C@@H]1CCCCC1=O)c1cc(-c2ccccc2)nc2ccccc12. The molecule has 130 valence electrons. The minimum atomic E-state index is -0.622. The van der Waals surface area contributed by atoms with Crippen molar-refractivity contribution in [3.05, 3.63) is 66.2 Å². The number of esters is 1. The Bertz CT molecular complexity index is 966. The fourth-order valence-corrected chi connectivity index (χ4v) is 3.37. The number of fused-ring (bicyclic) bond motifs is 1. The Balaban J connectivity index is 1.75. The lowest BCUT2D eigenvalue weighted by Crippen LogP contribution is -2.30. The summed E-state index contributed by atoms with van der Waals surface area (Å²) >= 11 is 0. The van der Waals surface area contributed by atoms with Crippen molar-refractivity contribution < 1.29 is 14.3 Å². The number of carbonyl (C=O) groups excluding carboxylic acids is 2. The molecule has 26 heavy (non-hydrogen) atoms. The van der Waals surface area contributed by atoms with Gasteiger partial charge in [-0.05, 0) is 31.4 Å². The highest BCUT2D eigenvalue weighted by atomic mass is 16.5. The first-order chi connectivity index (χ1) is 12.7. The summed E-state index contributed by atoms with van der Waals surface area (Å²) in [6.45, 7) is 0. The first-order valence-electron chi connectivity index (χ1n) is 8.91. The van der Waals surface area contributed by atoms with Gasteiger partial charge in [0, 0.05) is 17.4 Å². The molecule has 2 aromatic carbocycles. The van der Waals surface area contributed by atoms with Gasteiger partial charge in [-0.25, -0.2) is 9.78 Å². The molecule has 1 saturated carbocycles.